The van der Waals surface area contributed by atoms with Crippen molar-refractivity contribution in [3.63, 3.8) is 0 Å². The standard InChI is InChI=1S/C9H22N2/c1-10(2)6-5-7-11(3,4)9-8-10/h5-9H2,1-4H3/q+2. The van der Waals surface area contributed by atoms with Crippen molar-refractivity contribution in [2.45, 2.75) is 6.42 Å². The number of rotatable bonds is 0. The maximum atomic E-state index is 2.34. The van der Waals surface area contributed by atoms with Crippen LogP contribution < -0.4 is 0 Å². The summed E-state index contributed by atoms with van der Waals surface area (Å²) in [4.78, 5) is 0. The molecule has 1 saturated heterocycles. The molecule has 0 atom stereocenters. The van der Waals surface area contributed by atoms with Crippen molar-refractivity contribution < 1.29 is 8.97 Å². The predicted molar refractivity (Wildman–Crippen MR) is 48.3 cm³/mol. The molecule has 0 aromatic rings. The van der Waals surface area contributed by atoms with Gasteiger partial charge in [0.25, 0.3) is 0 Å². The Morgan fingerprint density at radius 1 is 0.636 bits per heavy atom. The highest BCUT2D eigenvalue weighted by atomic mass is 15.4. The summed E-state index contributed by atoms with van der Waals surface area (Å²) >= 11 is 0. The van der Waals surface area contributed by atoms with Gasteiger partial charge in [0.2, 0.25) is 0 Å². The minimum atomic E-state index is 1.21. The van der Waals surface area contributed by atoms with Crippen LogP contribution in [0.1, 0.15) is 6.42 Å². The third-order valence-electron chi connectivity index (χ3n) is 2.84. The molecule has 0 aliphatic carbocycles. The number of quaternary nitrogens is 2. The lowest BCUT2D eigenvalue weighted by Gasteiger charge is -2.29. The normalized spacial score (nSPS) is 29.5. The molecule has 0 N–H and O–H groups in total. The molecule has 1 aliphatic rings. The Kier molecular flexibility index (Phi) is 2.26. The van der Waals surface area contributed by atoms with Crippen molar-refractivity contribution in [1.29, 1.82) is 0 Å². The van der Waals surface area contributed by atoms with Crippen molar-refractivity contribution in [2.75, 3.05) is 54.4 Å². The Labute approximate surface area is 70.6 Å². The first-order valence-corrected chi connectivity index (χ1v) is 4.55. The van der Waals surface area contributed by atoms with Crippen LogP contribution in [0.3, 0.4) is 0 Å². The van der Waals surface area contributed by atoms with E-state index in [2.05, 4.69) is 28.2 Å². The molecule has 2 nitrogen and oxygen atoms in total. The lowest BCUT2D eigenvalue weighted by molar-refractivity contribution is -0.927. The average molecular weight is 158 g/mol. The number of hydrogen-bond acceptors (Lipinski definition) is 0. The van der Waals surface area contributed by atoms with Crippen molar-refractivity contribution >= 4 is 0 Å². The van der Waals surface area contributed by atoms with Gasteiger partial charge in [0.05, 0.1) is 41.3 Å². The molecule has 0 bridgehead atoms. The van der Waals surface area contributed by atoms with Gasteiger partial charge in [-0.1, -0.05) is 0 Å². The van der Waals surface area contributed by atoms with Crippen LogP contribution in [0.15, 0.2) is 0 Å². The van der Waals surface area contributed by atoms with E-state index in [4.69, 9.17) is 0 Å². The van der Waals surface area contributed by atoms with Crippen molar-refractivity contribution in [3.05, 3.63) is 0 Å². The van der Waals surface area contributed by atoms with Gasteiger partial charge >= 0.3 is 0 Å². The van der Waals surface area contributed by atoms with Gasteiger partial charge in [0, 0.05) is 6.42 Å². The lowest BCUT2D eigenvalue weighted by Crippen LogP contribution is -2.46. The second kappa shape index (κ2) is 2.76. The Morgan fingerprint density at radius 3 is 1.36 bits per heavy atom. The second-order valence-corrected chi connectivity index (χ2v) is 5.12. The smallest absolute Gasteiger partial charge is 0.128 e. The van der Waals surface area contributed by atoms with Crippen LogP contribution in [0.2, 0.25) is 0 Å². The molecule has 2 heteroatoms. The van der Waals surface area contributed by atoms with Crippen molar-refractivity contribution in [3.8, 4) is 0 Å². The van der Waals surface area contributed by atoms with E-state index in [1.54, 1.807) is 0 Å². The van der Waals surface area contributed by atoms with Crippen molar-refractivity contribution in [1.82, 2.24) is 0 Å². The molecule has 1 fully saturated rings. The van der Waals surface area contributed by atoms with Crippen LogP contribution in [0, 0.1) is 0 Å². The molecule has 0 amide bonds. The highest BCUT2D eigenvalue weighted by Gasteiger charge is 2.27. The minimum absolute atomic E-state index is 1.21. The summed E-state index contributed by atoms with van der Waals surface area (Å²) in [6.07, 6.45) is 1.38. The van der Waals surface area contributed by atoms with E-state index >= 15 is 0 Å². The number of likely N-dealkylation sites (N-methyl/N-ethyl adjacent to an activating group) is 2. The van der Waals surface area contributed by atoms with Crippen LogP contribution in [0.4, 0.5) is 0 Å². The van der Waals surface area contributed by atoms with Crippen LogP contribution >= 0.6 is 0 Å². The van der Waals surface area contributed by atoms with E-state index in [0.717, 1.165) is 0 Å². The summed E-state index contributed by atoms with van der Waals surface area (Å²) in [5, 5.41) is 0. The molecular weight excluding hydrogens is 136 g/mol. The van der Waals surface area contributed by atoms with Crippen LogP contribution in [0.25, 0.3) is 0 Å². The Hall–Kier alpha value is -0.0800. The molecule has 0 spiro atoms. The zero-order valence-corrected chi connectivity index (χ0v) is 8.43. The van der Waals surface area contributed by atoms with E-state index < -0.39 is 0 Å². The Morgan fingerprint density at radius 2 is 1.00 bits per heavy atom. The van der Waals surface area contributed by atoms with E-state index in [9.17, 15) is 0 Å². The minimum Gasteiger partial charge on any atom is -0.324 e. The first-order valence-electron chi connectivity index (χ1n) is 4.55. The van der Waals surface area contributed by atoms with Gasteiger partial charge in [-0.3, -0.25) is 0 Å². The first-order chi connectivity index (χ1) is 4.91. The highest BCUT2D eigenvalue weighted by molar-refractivity contribution is 4.45. The van der Waals surface area contributed by atoms with E-state index in [1.807, 2.05) is 0 Å². The first kappa shape index (κ1) is 9.01. The maximum Gasteiger partial charge on any atom is 0.128 e. The Bertz CT molecular complexity index is 122. The fraction of sp³-hybridized carbons (Fsp3) is 1.00. The summed E-state index contributed by atoms with van der Waals surface area (Å²) in [5.41, 5.74) is 0. The zero-order valence-electron chi connectivity index (χ0n) is 8.43. The van der Waals surface area contributed by atoms with Gasteiger partial charge in [0.1, 0.15) is 13.1 Å². The summed E-state index contributed by atoms with van der Waals surface area (Å²) < 4.78 is 2.42. The monoisotopic (exact) mass is 158 g/mol. The maximum absolute atomic E-state index is 2.34. The van der Waals surface area contributed by atoms with Crippen LogP contribution in [-0.2, 0) is 0 Å². The molecule has 0 aromatic heterocycles. The summed E-state index contributed by atoms with van der Waals surface area (Å²) in [6, 6.07) is 0. The highest BCUT2D eigenvalue weighted by Crippen LogP contribution is 2.10. The zero-order chi connectivity index (χ0) is 8.54. The Balaban J connectivity index is 2.53. The fourth-order valence-electron chi connectivity index (χ4n) is 1.69. The largest absolute Gasteiger partial charge is 0.324 e. The van der Waals surface area contributed by atoms with Crippen LogP contribution in [-0.4, -0.2) is 63.3 Å². The molecule has 1 aliphatic heterocycles. The molecule has 0 saturated carbocycles. The van der Waals surface area contributed by atoms with Gasteiger partial charge in [-0.05, 0) is 0 Å². The molecule has 11 heavy (non-hydrogen) atoms. The van der Waals surface area contributed by atoms with Gasteiger partial charge in [0.15, 0.2) is 0 Å². The molecule has 1 heterocycles. The van der Waals surface area contributed by atoms with Crippen LogP contribution in [0.5, 0.6) is 0 Å². The second-order valence-electron chi connectivity index (χ2n) is 5.12. The molecule has 66 valence electrons. The number of nitrogens with zero attached hydrogens (tertiary/aromatic N) is 2. The SMILES string of the molecule is C[N+]1(C)CCC[N+](C)(C)CC1. The summed E-state index contributed by atoms with van der Waals surface area (Å²) in [6.45, 7) is 5.35. The van der Waals surface area contributed by atoms with Gasteiger partial charge in [-0.2, -0.15) is 0 Å². The molecule has 0 radical (unpaired) electrons. The third-order valence-corrected chi connectivity index (χ3v) is 2.84. The fourth-order valence-corrected chi connectivity index (χ4v) is 1.69. The topological polar surface area (TPSA) is 0 Å². The lowest BCUT2D eigenvalue weighted by atomic mass is 10.3. The molecule has 0 unspecified atom stereocenters. The summed E-state index contributed by atoms with van der Waals surface area (Å²) in [7, 11) is 9.35. The van der Waals surface area contributed by atoms with Gasteiger partial charge in [-0.25, -0.2) is 0 Å². The van der Waals surface area contributed by atoms with E-state index in [-0.39, 0.29) is 0 Å². The van der Waals surface area contributed by atoms with Gasteiger partial charge < -0.3 is 8.97 Å². The predicted octanol–water partition coefficient (Wildman–Crippen LogP) is 0.543. The average Bonchev–Trinajstić information content (AvgIpc) is 1.92. The quantitative estimate of drug-likeness (QED) is 0.451. The number of hydrogen-bond donors (Lipinski definition) is 0. The molecular formula is C9H22N2+2. The van der Waals surface area contributed by atoms with Gasteiger partial charge in [-0.15, -0.1) is 0 Å². The molecule has 1 rings (SSSR count). The van der Waals surface area contributed by atoms with Crippen molar-refractivity contribution in [2.24, 2.45) is 0 Å². The van der Waals surface area contributed by atoms with E-state index in [1.165, 1.54) is 41.6 Å². The summed E-state index contributed by atoms with van der Waals surface area (Å²) in [5.74, 6) is 0. The van der Waals surface area contributed by atoms with E-state index in [0.29, 0.717) is 0 Å². The third kappa shape index (κ3) is 2.80. The molecule has 0 aromatic carbocycles.